The number of amides is 1. The Hall–Kier alpha value is -3.00. The Morgan fingerprint density at radius 1 is 1.31 bits per heavy atom. The van der Waals surface area contributed by atoms with E-state index in [2.05, 4.69) is 15.2 Å². The summed E-state index contributed by atoms with van der Waals surface area (Å²) in [5.41, 5.74) is 2.40. The minimum absolute atomic E-state index is 0.0115. The Bertz CT molecular complexity index is 980. The summed E-state index contributed by atoms with van der Waals surface area (Å²) < 4.78 is 12.4. The number of carbonyl (C=O) groups excluding carboxylic acids is 1. The first-order valence-corrected chi connectivity index (χ1v) is 9.87. The number of methoxy groups -OCH3 is 1. The summed E-state index contributed by atoms with van der Waals surface area (Å²) in [4.78, 5) is 19.8. The molecule has 29 heavy (non-hydrogen) atoms. The maximum atomic E-state index is 13.4. The molecule has 4 rings (SSSR count). The average molecular weight is 395 g/mol. The SMILES string of the molecule is COCc1cccc(C(=O)N2CCCCC[C@@H]2c2noc(-c3cnn(C)c3)n2)c1. The lowest BCUT2D eigenvalue weighted by molar-refractivity contribution is 0.0670. The highest BCUT2D eigenvalue weighted by atomic mass is 16.5. The molecule has 8 nitrogen and oxygen atoms in total. The van der Waals surface area contributed by atoms with Crippen LogP contribution in [0.5, 0.6) is 0 Å². The van der Waals surface area contributed by atoms with Crippen molar-refractivity contribution >= 4 is 5.91 Å². The highest BCUT2D eigenvalue weighted by molar-refractivity contribution is 5.94. The standard InChI is InChI=1S/C21H25N5O3/c1-25-13-17(12-22-25)20-23-19(24-29-20)18-9-4-3-5-10-26(18)21(27)16-8-6-7-15(11-16)14-28-2/h6-8,11-13,18H,3-5,9-10,14H2,1-2H3/t18-/m1/s1. The van der Waals surface area contributed by atoms with E-state index in [0.29, 0.717) is 30.4 Å². The lowest BCUT2D eigenvalue weighted by Gasteiger charge is -2.28. The van der Waals surface area contributed by atoms with E-state index in [-0.39, 0.29) is 11.9 Å². The summed E-state index contributed by atoms with van der Waals surface area (Å²) in [5, 5.41) is 8.35. The monoisotopic (exact) mass is 395 g/mol. The minimum atomic E-state index is -0.203. The molecule has 1 saturated heterocycles. The number of hydrogen-bond donors (Lipinski definition) is 0. The van der Waals surface area contributed by atoms with Crippen LogP contribution in [-0.4, -0.2) is 44.4 Å². The number of aryl methyl sites for hydroxylation is 1. The number of nitrogens with zero attached hydrogens (tertiary/aromatic N) is 5. The summed E-state index contributed by atoms with van der Waals surface area (Å²) in [5.74, 6) is 0.960. The van der Waals surface area contributed by atoms with Crippen LogP contribution in [0.1, 0.15) is 53.5 Å². The molecule has 1 aliphatic rings. The molecule has 2 aromatic heterocycles. The van der Waals surface area contributed by atoms with Crippen molar-refractivity contribution in [3.63, 3.8) is 0 Å². The molecule has 0 aliphatic carbocycles. The van der Waals surface area contributed by atoms with Gasteiger partial charge in [-0.15, -0.1) is 0 Å². The van der Waals surface area contributed by atoms with Crippen molar-refractivity contribution in [3.8, 4) is 11.5 Å². The first-order valence-electron chi connectivity index (χ1n) is 9.87. The molecule has 1 amide bonds. The number of benzene rings is 1. The lowest BCUT2D eigenvalue weighted by atomic mass is 10.1. The van der Waals surface area contributed by atoms with Crippen molar-refractivity contribution < 1.29 is 14.1 Å². The molecule has 1 atom stereocenters. The molecule has 152 valence electrons. The van der Waals surface area contributed by atoms with Crippen LogP contribution in [0.2, 0.25) is 0 Å². The number of likely N-dealkylation sites (tertiary alicyclic amines) is 1. The Morgan fingerprint density at radius 2 is 2.21 bits per heavy atom. The van der Waals surface area contributed by atoms with Gasteiger partial charge in [-0.1, -0.05) is 30.1 Å². The largest absolute Gasteiger partial charge is 0.380 e. The molecule has 3 aromatic rings. The first-order chi connectivity index (χ1) is 14.2. The number of hydrogen-bond acceptors (Lipinski definition) is 6. The summed E-state index contributed by atoms with van der Waals surface area (Å²) >= 11 is 0. The molecule has 0 N–H and O–H groups in total. The second-order valence-corrected chi connectivity index (χ2v) is 7.36. The highest BCUT2D eigenvalue weighted by Gasteiger charge is 2.31. The van der Waals surface area contributed by atoms with Gasteiger partial charge < -0.3 is 14.2 Å². The molecule has 0 saturated carbocycles. The van der Waals surface area contributed by atoms with E-state index in [1.54, 1.807) is 18.0 Å². The second kappa shape index (κ2) is 8.57. The maximum absolute atomic E-state index is 13.4. The Balaban J connectivity index is 1.62. The molecule has 0 spiro atoms. The molecule has 8 heteroatoms. The molecule has 1 aromatic carbocycles. The van der Waals surface area contributed by atoms with Gasteiger partial charge >= 0.3 is 0 Å². The Labute approximate surface area is 169 Å². The molecular formula is C21H25N5O3. The van der Waals surface area contributed by atoms with Crippen molar-refractivity contribution in [2.45, 2.75) is 38.3 Å². The van der Waals surface area contributed by atoms with Gasteiger partial charge in [0.25, 0.3) is 11.8 Å². The van der Waals surface area contributed by atoms with Crippen molar-refractivity contribution in [2.24, 2.45) is 7.05 Å². The van der Waals surface area contributed by atoms with Crippen LogP contribution in [0, 0.1) is 0 Å². The van der Waals surface area contributed by atoms with Gasteiger partial charge in [-0.3, -0.25) is 9.48 Å². The van der Waals surface area contributed by atoms with Crippen LogP contribution in [0.4, 0.5) is 0 Å². The van der Waals surface area contributed by atoms with E-state index < -0.39 is 0 Å². The summed E-state index contributed by atoms with van der Waals surface area (Å²) in [6, 6.07) is 7.39. The Morgan fingerprint density at radius 3 is 3.00 bits per heavy atom. The zero-order valence-corrected chi connectivity index (χ0v) is 16.7. The fourth-order valence-corrected chi connectivity index (χ4v) is 3.77. The summed E-state index contributed by atoms with van der Waals surface area (Å²) in [6.07, 6.45) is 7.40. The van der Waals surface area contributed by atoms with Gasteiger partial charge in [0.15, 0.2) is 5.82 Å². The third-order valence-electron chi connectivity index (χ3n) is 5.19. The fourth-order valence-electron chi connectivity index (χ4n) is 3.77. The fraction of sp³-hybridized carbons (Fsp3) is 0.429. The topological polar surface area (TPSA) is 86.3 Å². The zero-order valence-electron chi connectivity index (χ0n) is 16.7. The molecule has 0 bridgehead atoms. The van der Waals surface area contributed by atoms with Gasteiger partial charge in [-0.2, -0.15) is 10.1 Å². The van der Waals surface area contributed by atoms with Crippen LogP contribution in [-0.2, 0) is 18.4 Å². The van der Waals surface area contributed by atoms with Crippen LogP contribution in [0.15, 0.2) is 41.2 Å². The predicted octanol–water partition coefficient (Wildman–Crippen LogP) is 3.37. The molecule has 0 unspecified atom stereocenters. The van der Waals surface area contributed by atoms with Crippen LogP contribution in [0.3, 0.4) is 0 Å². The predicted molar refractivity (Wildman–Crippen MR) is 106 cm³/mol. The van der Waals surface area contributed by atoms with Crippen molar-refractivity contribution in [1.29, 1.82) is 0 Å². The van der Waals surface area contributed by atoms with Crippen LogP contribution >= 0.6 is 0 Å². The maximum Gasteiger partial charge on any atom is 0.261 e. The first kappa shape index (κ1) is 19.3. The highest BCUT2D eigenvalue weighted by Crippen LogP contribution is 2.31. The summed E-state index contributed by atoms with van der Waals surface area (Å²) in [7, 11) is 3.49. The number of ether oxygens (including phenoxy) is 1. The van der Waals surface area contributed by atoms with E-state index in [1.807, 2.05) is 42.4 Å². The molecule has 1 fully saturated rings. The molecular weight excluding hydrogens is 370 g/mol. The smallest absolute Gasteiger partial charge is 0.261 e. The zero-order chi connectivity index (χ0) is 20.2. The second-order valence-electron chi connectivity index (χ2n) is 7.36. The van der Waals surface area contributed by atoms with Crippen LogP contribution < -0.4 is 0 Å². The summed E-state index contributed by atoms with van der Waals surface area (Å²) in [6.45, 7) is 1.15. The lowest BCUT2D eigenvalue weighted by Crippen LogP contribution is -2.35. The van der Waals surface area contributed by atoms with E-state index in [4.69, 9.17) is 9.26 Å². The van der Waals surface area contributed by atoms with E-state index in [0.717, 1.165) is 36.8 Å². The van der Waals surface area contributed by atoms with Gasteiger partial charge in [0.05, 0.1) is 24.4 Å². The van der Waals surface area contributed by atoms with Gasteiger partial charge in [0.1, 0.15) is 0 Å². The third-order valence-corrected chi connectivity index (χ3v) is 5.19. The van der Waals surface area contributed by atoms with E-state index >= 15 is 0 Å². The molecule has 0 radical (unpaired) electrons. The van der Waals surface area contributed by atoms with Crippen LogP contribution in [0.25, 0.3) is 11.5 Å². The van der Waals surface area contributed by atoms with Crippen molar-refractivity contribution in [3.05, 3.63) is 53.6 Å². The van der Waals surface area contributed by atoms with Gasteiger partial charge in [0.2, 0.25) is 0 Å². The van der Waals surface area contributed by atoms with Gasteiger partial charge in [0, 0.05) is 32.5 Å². The molecule has 3 heterocycles. The average Bonchev–Trinajstić information content (AvgIpc) is 3.31. The van der Waals surface area contributed by atoms with E-state index in [9.17, 15) is 4.79 Å². The normalized spacial score (nSPS) is 17.3. The third kappa shape index (κ3) is 4.22. The number of carbonyl (C=O) groups is 1. The number of rotatable bonds is 5. The van der Waals surface area contributed by atoms with Crippen molar-refractivity contribution in [1.82, 2.24) is 24.8 Å². The molecule has 1 aliphatic heterocycles. The van der Waals surface area contributed by atoms with Gasteiger partial charge in [-0.05, 0) is 30.5 Å². The van der Waals surface area contributed by atoms with Gasteiger partial charge in [-0.25, -0.2) is 0 Å². The Kier molecular flexibility index (Phi) is 5.71. The van der Waals surface area contributed by atoms with E-state index in [1.165, 1.54) is 0 Å². The van der Waals surface area contributed by atoms with Crippen molar-refractivity contribution in [2.75, 3.05) is 13.7 Å². The number of aromatic nitrogens is 4. The minimum Gasteiger partial charge on any atom is -0.380 e. The quantitative estimate of drug-likeness (QED) is 0.658.